The van der Waals surface area contributed by atoms with Crippen LogP contribution in [0.5, 0.6) is 11.5 Å². The number of benzene rings is 2. The van der Waals surface area contributed by atoms with Crippen LogP contribution >= 0.6 is 0 Å². The van der Waals surface area contributed by atoms with E-state index in [1.807, 2.05) is 59.1 Å². The molecule has 1 fully saturated rings. The second-order valence-corrected chi connectivity index (χ2v) is 8.17. The molecule has 33 heavy (non-hydrogen) atoms. The Kier molecular flexibility index (Phi) is 5.52. The molecule has 4 aromatic rings. The molecule has 3 N–H and O–H groups in total. The van der Waals surface area contributed by atoms with Gasteiger partial charge >= 0.3 is 5.97 Å². The van der Waals surface area contributed by atoms with Crippen molar-refractivity contribution in [2.75, 3.05) is 5.73 Å². The smallest absolute Gasteiger partial charge is 0.328 e. The summed E-state index contributed by atoms with van der Waals surface area (Å²) < 4.78 is 7.78. The van der Waals surface area contributed by atoms with Crippen molar-refractivity contribution in [1.82, 2.24) is 14.6 Å². The Morgan fingerprint density at radius 1 is 1.06 bits per heavy atom. The average molecular weight is 441 g/mol. The molecule has 2 aromatic carbocycles. The Hall–Kier alpha value is -4.13. The highest BCUT2D eigenvalue weighted by atomic mass is 16.5. The number of carboxylic acid groups (broad SMARTS) is 1. The molecule has 0 aliphatic heterocycles. The molecule has 0 amide bonds. The summed E-state index contributed by atoms with van der Waals surface area (Å²) in [6.07, 6.45) is 8.64. The third-order valence-corrected chi connectivity index (χ3v) is 6.08. The van der Waals surface area contributed by atoms with E-state index in [2.05, 4.69) is 10.1 Å². The van der Waals surface area contributed by atoms with Crippen LogP contribution in [0.3, 0.4) is 0 Å². The number of aliphatic carboxylic acids is 1. The highest BCUT2D eigenvalue weighted by molar-refractivity contribution is 5.97. The predicted octanol–water partition coefficient (Wildman–Crippen LogP) is 5.53. The second-order valence-electron chi connectivity index (χ2n) is 8.17. The van der Waals surface area contributed by atoms with Crippen LogP contribution in [0.4, 0.5) is 5.82 Å². The van der Waals surface area contributed by atoms with E-state index in [0.717, 1.165) is 53.8 Å². The molecule has 0 spiro atoms. The van der Waals surface area contributed by atoms with E-state index in [9.17, 15) is 9.90 Å². The van der Waals surface area contributed by atoms with E-state index < -0.39 is 5.97 Å². The third kappa shape index (κ3) is 4.05. The zero-order chi connectivity index (χ0) is 22.8. The van der Waals surface area contributed by atoms with Crippen LogP contribution < -0.4 is 10.5 Å². The van der Waals surface area contributed by atoms with Gasteiger partial charge in [-0.05, 0) is 48.7 Å². The quantitative estimate of drug-likeness (QED) is 0.382. The lowest BCUT2D eigenvalue weighted by atomic mass is 9.94. The monoisotopic (exact) mass is 440 g/mol. The number of rotatable bonds is 6. The number of ether oxygens (including phenoxy) is 1. The summed E-state index contributed by atoms with van der Waals surface area (Å²) in [7, 11) is 0. The number of hydrogen-bond acceptors (Lipinski definition) is 5. The number of fused-ring (bicyclic) bond motifs is 1. The van der Waals surface area contributed by atoms with Crippen LogP contribution in [-0.4, -0.2) is 25.7 Å². The van der Waals surface area contributed by atoms with Gasteiger partial charge in [-0.15, -0.1) is 0 Å². The fraction of sp³-hybridized carbons (Fsp3) is 0.192. The van der Waals surface area contributed by atoms with Gasteiger partial charge in [0, 0.05) is 23.1 Å². The molecule has 1 aliphatic rings. The molecule has 7 heteroatoms. The van der Waals surface area contributed by atoms with Crippen LogP contribution in [0.1, 0.15) is 42.9 Å². The lowest BCUT2D eigenvalue weighted by molar-refractivity contribution is -0.131. The standard InChI is InChI=1S/C26H24N4O3/c27-26-25-23(17-10-12-20(13-11-17)33-19-8-2-1-3-9-19)21(14-15-22(31)32)24(18-6-4-5-7-18)30(25)29-16-28-26/h1-3,8-16,18H,4-7H2,(H,31,32)(H2,27,28,29)/b15-14+. The van der Waals surface area contributed by atoms with Crippen molar-refractivity contribution in [2.45, 2.75) is 31.6 Å². The summed E-state index contributed by atoms with van der Waals surface area (Å²) in [5.41, 5.74) is 10.6. The summed E-state index contributed by atoms with van der Waals surface area (Å²) >= 11 is 0. The summed E-state index contributed by atoms with van der Waals surface area (Å²) in [5.74, 6) is 1.11. The van der Waals surface area contributed by atoms with Crippen molar-refractivity contribution < 1.29 is 14.6 Å². The van der Waals surface area contributed by atoms with E-state index >= 15 is 0 Å². The predicted molar refractivity (Wildman–Crippen MR) is 127 cm³/mol. The van der Waals surface area contributed by atoms with Gasteiger partial charge in [-0.3, -0.25) is 0 Å². The van der Waals surface area contributed by atoms with Gasteiger partial charge in [0.05, 0.1) is 5.69 Å². The van der Waals surface area contributed by atoms with Crippen molar-refractivity contribution in [3.8, 4) is 22.6 Å². The molecule has 0 unspecified atom stereocenters. The molecule has 2 heterocycles. The molecule has 0 atom stereocenters. The van der Waals surface area contributed by atoms with Gasteiger partial charge in [0.25, 0.3) is 0 Å². The van der Waals surface area contributed by atoms with Gasteiger partial charge in [-0.1, -0.05) is 43.2 Å². The molecule has 166 valence electrons. The number of carbonyl (C=O) groups is 1. The summed E-state index contributed by atoms with van der Waals surface area (Å²) in [6, 6.07) is 17.3. The number of anilines is 1. The Bertz CT molecular complexity index is 1320. The van der Waals surface area contributed by atoms with Crippen LogP contribution in [0.25, 0.3) is 22.7 Å². The number of para-hydroxylation sites is 1. The number of hydrogen-bond donors (Lipinski definition) is 2. The molecule has 1 aliphatic carbocycles. The molecule has 1 saturated carbocycles. The maximum atomic E-state index is 11.4. The van der Waals surface area contributed by atoms with Crippen molar-refractivity contribution in [3.05, 3.63) is 78.3 Å². The van der Waals surface area contributed by atoms with Gasteiger partial charge in [0.1, 0.15) is 23.3 Å². The Balaban J connectivity index is 1.66. The maximum absolute atomic E-state index is 11.4. The van der Waals surface area contributed by atoms with E-state index in [-0.39, 0.29) is 5.92 Å². The lowest BCUT2D eigenvalue weighted by Crippen LogP contribution is -2.05. The first kappa shape index (κ1) is 20.8. The van der Waals surface area contributed by atoms with Gasteiger partial charge < -0.3 is 15.6 Å². The molecule has 2 aromatic heterocycles. The van der Waals surface area contributed by atoms with Crippen molar-refractivity contribution in [2.24, 2.45) is 0 Å². The molecule has 0 bridgehead atoms. The first-order chi connectivity index (χ1) is 16.1. The minimum atomic E-state index is -1.00. The molecule has 0 saturated heterocycles. The molecule has 0 radical (unpaired) electrons. The van der Waals surface area contributed by atoms with E-state index in [1.54, 1.807) is 6.08 Å². The largest absolute Gasteiger partial charge is 0.478 e. The molecule has 5 rings (SSSR count). The van der Waals surface area contributed by atoms with E-state index in [1.165, 1.54) is 12.4 Å². The molecular formula is C26H24N4O3. The first-order valence-electron chi connectivity index (χ1n) is 11.0. The Morgan fingerprint density at radius 3 is 2.45 bits per heavy atom. The van der Waals surface area contributed by atoms with Crippen molar-refractivity contribution >= 4 is 23.4 Å². The number of nitrogen functional groups attached to an aromatic ring is 1. The van der Waals surface area contributed by atoms with Crippen molar-refractivity contribution in [3.63, 3.8) is 0 Å². The number of nitrogens with two attached hydrogens (primary N) is 1. The number of nitrogens with zero attached hydrogens (tertiary/aromatic N) is 3. The van der Waals surface area contributed by atoms with Crippen molar-refractivity contribution in [1.29, 1.82) is 0 Å². The minimum absolute atomic E-state index is 0.287. The zero-order valence-corrected chi connectivity index (χ0v) is 18.0. The first-order valence-corrected chi connectivity index (χ1v) is 11.0. The fourth-order valence-corrected chi connectivity index (χ4v) is 4.68. The highest BCUT2D eigenvalue weighted by Gasteiger charge is 2.28. The average Bonchev–Trinajstić information content (AvgIpc) is 3.45. The van der Waals surface area contributed by atoms with Crippen LogP contribution in [0.2, 0.25) is 0 Å². The molecule has 7 nitrogen and oxygen atoms in total. The number of carboxylic acids is 1. The summed E-state index contributed by atoms with van der Waals surface area (Å²) in [4.78, 5) is 15.6. The van der Waals surface area contributed by atoms with Crippen LogP contribution in [0.15, 0.2) is 67.0 Å². The SMILES string of the molecule is Nc1ncnn2c(C3CCCC3)c(/C=C/C(=O)O)c(-c3ccc(Oc4ccccc4)cc3)c12. The van der Waals surface area contributed by atoms with Gasteiger partial charge in [-0.25, -0.2) is 14.3 Å². The zero-order valence-electron chi connectivity index (χ0n) is 18.0. The summed E-state index contributed by atoms with van der Waals surface area (Å²) in [6.45, 7) is 0. The summed E-state index contributed by atoms with van der Waals surface area (Å²) in [5, 5.41) is 13.8. The van der Waals surface area contributed by atoms with Gasteiger partial charge in [0.15, 0.2) is 5.82 Å². The Morgan fingerprint density at radius 2 is 1.76 bits per heavy atom. The second kappa shape index (κ2) is 8.78. The fourth-order valence-electron chi connectivity index (χ4n) is 4.68. The topological polar surface area (TPSA) is 103 Å². The minimum Gasteiger partial charge on any atom is -0.478 e. The van der Waals surface area contributed by atoms with Gasteiger partial charge in [-0.2, -0.15) is 5.10 Å². The van der Waals surface area contributed by atoms with Crippen LogP contribution in [-0.2, 0) is 4.79 Å². The van der Waals surface area contributed by atoms with E-state index in [4.69, 9.17) is 10.5 Å². The Labute approximate surface area is 191 Å². The van der Waals surface area contributed by atoms with Gasteiger partial charge in [0.2, 0.25) is 0 Å². The van der Waals surface area contributed by atoms with E-state index in [0.29, 0.717) is 17.1 Å². The van der Waals surface area contributed by atoms with Crippen LogP contribution in [0, 0.1) is 0 Å². The number of aromatic nitrogens is 3. The highest BCUT2D eigenvalue weighted by Crippen LogP contribution is 2.44. The normalized spacial score (nSPS) is 14.3. The lowest BCUT2D eigenvalue weighted by Gasteiger charge is -2.11. The third-order valence-electron chi connectivity index (χ3n) is 6.08. The maximum Gasteiger partial charge on any atom is 0.328 e. The molecular weight excluding hydrogens is 416 g/mol.